The lowest BCUT2D eigenvalue weighted by molar-refractivity contribution is 0.0988. The van der Waals surface area contributed by atoms with Gasteiger partial charge < -0.3 is 4.57 Å². The van der Waals surface area contributed by atoms with Crippen molar-refractivity contribution >= 4 is 15.8 Å². The number of Topliss-reactive ketones (excluding diaryl/α,β-unsaturated/α-hetero) is 1. The molecule has 1 aromatic heterocycles. The number of nitrogens with zero attached hydrogens (tertiary/aromatic N) is 3. The van der Waals surface area contributed by atoms with Crippen molar-refractivity contribution in [3.05, 3.63) is 42.0 Å². The summed E-state index contributed by atoms with van der Waals surface area (Å²) in [5.74, 6) is 0.403. The smallest absolute Gasteiger partial charge is 0.240 e. The Morgan fingerprint density at radius 1 is 1.38 bits per heavy atom. The van der Waals surface area contributed by atoms with Gasteiger partial charge in [0, 0.05) is 19.0 Å². The number of benzene rings is 1. The maximum atomic E-state index is 12.2. The second-order valence-corrected chi connectivity index (χ2v) is 6.25. The van der Waals surface area contributed by atoms with Crippen LogP contribution in [0, 0.1) is 0 Å². The fourth-order valence-corrected chi connectivity index (χ4v) is 2.78. The summed E-state index contributed by atoms with van der Waals surface area (Å²) in [7, 11) is -1.97. The normalized spacial score (nSPS) is 11.5. The van der Waals surface area contributed by atoms with Gasteiger partial charge in [-0.15, -0.1) is 10.2 Å². The highest BCUT2D eigenvalue weighted by Gasteiger charge is 2.16. The monoisotopic (exact) mass is 308 g/mol. The predicted molar refractivity (Wildman–Crippen MR) is 76.1 cm³/mol. The van der Waals surface area contributed by atoms with E-state index in [1.54, 1.807) is 30.7 Å². The number of aromatic nitrogens is 3. The van der Waals surface area contributed by atoms with Crippen LogP contribution in [-0.2, 0) is 23.6 Å². The minimum atomic E-state index is -3.70. The van der Waals surface area contributed by atoms with Crippen molar-refractivity contribution in [1.82, 2.24) is 19.5 Å². The molecule has 0 atom stereocenters. The van der Waals surface area contributed by atoms with Gasteiger partial charge in [-0.25, -0.2) is 13.1 Å². The van der Waals surface area contributed by atoms with Crippen molar-refractivity contribution in [1.29, 1.82) is 0 Å². The van der Waals surface area contributed by atoms with Gasteiger partial charge in [-0.05, 0) is 12.1 Å². The standard InChI is InChI=1S/C13H16N4O3S/c1-3-12(18)10-5-4-6-11(7-10)21(19,20)15-8-13-16-14-9-17(13)2/h4-7,9,15H,3,8H2,1-2H3. The molecule has 0 fully saturated rings. The molecule has 8 heteroatoms. The van der Waals surface area contributed by atoms with E-state index in [1.807, 2.05) is 0 Å². The Balaban J connectivity index is 2.19. The molecule has 0 unspecified atom stereocenters. The first-order chi connectivity index (χ1) is 9.94. The Morgan fingerprint density at radius 2 is 2.14 bits per heavy atom. The zero-order valence-electron chi connectivity index (χ0n) is 11.8. The van der Waals surface area contributed by atoms with E-state index in [9.17, 15) is 13.2 Å². The first-order valence-corrected chi connectivity index (χ1v) is 7.88. The molecule has 0 bridgehead atoms. The fourth-order valence-electron chi connectivity index (χ4n) is 1.75. The van der Waals surface area contributed by atoms with Gasteiger partial charge in [0.1, 0.15) is 12.2 Å². The summed E-state index contributed by atoms with van der Waals surface area (Å²) < 4.78 is 28.5. The number of carbonyl (C=O) groups excluding carboxylic acids is 1. The summed E-state index contributed by atoms with van der Waals surface area (Å²) in [5, 5.41) is 7.48. The van der Waals surface area contributed by atoms with Gasteiger partial charge in [0.05, 0.1) is 11.4 Å². The number of hydrogen-bond donors (Lipinski definition) is 1. The van der Waals surface area contributed by atoms with Crippen LogP contribution >= 0.6 is 0 Å². The third-order valence-corrected chi connectivity index (χ3v) is 4.41. The number of hydrogen-bond acceptors (Lipinski definition) is 5. The zero-order valence-corrected chi connectivity index (χ0v) is 12.6. The average Bonchev–Trinajstić information content (AvgIpc) is 2.90. The summed E-state index contributed by atoms with van der Waals surface area (Å²) in [5.41, 5.74) is 0.388. The summed E-state index contributed by atoms with van der Waals surface area (Å²) in [6.07, 6.45) is 1.82. The summed E-state index contributed by atoms with van der Waals surface area (Å²) in [6, 6.07) is 5.99. The topological polar surface area (TPSA) is 93.9 Å². The van der Waals surface area contributed by atoms with E-state index in [0.717, 1.165) is 0 Å². The average molecular weight is 308 g/mol. The molecule has 112 valence electrons. The molecule has 0 radical (unpaired) electrons. The molecular formula is C13H16N4O3S. The Kier molecular flexibility index (Phi) is 4.49. The van der Waals surface area contributed by atoms with Gasteiger partial charge in [0.25, 0.3) is 0 Å². The highest BCUT2D eigenvalue weighted by atomic mass is 32.2. The molecular weight excluding hydrogens is 292 g/mol. The second kappa shape index (κ2) is 6.15. The molecule has 0 saturated carbocycles. The van der Waals surface area contributed by atoms with Crippen molar-refractivity contribution < 1.29 is 13.2 Å². The molecule has 0 amide bonds. The molecule has 1 heterocycles. The predicted octanol–water partition coefficient (Wildman–Crippen LogP) is 0.886. The molecule has 0 saturated heterocycles. The van der Waals surface area contributed by atoms with Crippen molar-refractivity contribution in [3.63, 3.8) is 0 Å². The summed E-state index contributed by atoms with van der Waals surface area (Å²) in [6.45, 7) is 1.76. The van der Waals surface area contributed by atoms with Crippen LogP contribution in [-0.4, -0.2) is 29.0 Å². The Labute approximate surface area is 123 Å². The van der Waals surface area contributed by atoms with E-state index in [4.69, 9.17) is 0 Å². The molecule has 0 aliphatic rings. The van der Waals surface area contributed by atoms with Gasteiger partial charge in [-0.1, -0.05) is 19.1 Å². The number of ketones is 1. The van der Waals surface area contributed by atoms with Crippen LogP contribution in [0.15, 0.2) is 35.5 Å². The molecule has 0 spiro atoms. The molecule has 0 aliphatic carbocycles. The molecule has 0 aliphatic heterocycles. The third-order valence-electron chi connectivity index (χ3n) is 3.01. The first kappa shape index (κ1) is 15.3. The number of aryl methyl sites for hydroxylation is 1. The van der Waals surface area contributed by atoms with E-state index >= 15 is 0 Å². The van der Waals surface area contributed by atoms with Gasteiger partial charge in [0.2, 0.25) is 10.0 Å². The number of carbonyl (C=O) groups is 1. The van der Waals surface area contributed by atoms with Crippen molar-refractivity contribution in [3.8, 4) is 0 Å². The molecule has 7 nitrogen and oxygen atoms in total. The van der Waals surface area contributed by atoms with Crippen LogP contribution in [0.25, 0.3) is 0 Å². The maximum absolute atomic E-state index is 12.2. The van der Waals surface area contributed by atoms with Crippen LogP contribution in [0.1, 0.15) is 29.5 Å². The highest BCUT2D eigenvalue weighted by Crippen LogP contribution is 2.13. The lowest BCUT2D eigenvalue weighted by Gasteiger charge is -2.07. The van der Waals surface area contributed by atoms with Gasteiger partial charge in [-0.3, -0.25) is 4.79 Å². The van der Waals surface area contributed by atoms with Crippen LogP contribution in [0.3, 0.4) is 0 Å². The van der Waals surface area contributed by atoms with Gasteiger partial charge in [0.15, 0.2) is 5.78 Å². The SMILES string of the molecule is CCC(=O)c1cccc(S(=O)(=O)NCc2nncn2C)c1. The largest absolute Gasteiger partial charge is 0.320 e. The fraction of sp³-hybridized carbons (Fsp3) is 0.308. The van der Waals surface area contributed by atoms with E-state index < -0.39 is 10.0 Å². The van der Waals surface area contributed by atoms with Crippen LogP contribution in [0.2, 0.25) is 0 Å². The number of nitrogens with one attached hydrogen (secondary N) is 1. The summed E-state index contributed by atoms with van der Waals surface area (Å²) in [4.78, 5) is 11.7. The zero-order chi connectivity index (χ0) is 15.5. The van der Waals surface area contributed by atoms with Gasteiger partial charge >= 0.3 is 0 Å². The lowest BCUT2D eigenvalue weighted by atomic mass is 10.1. The summed E-state index contributed by atoms with van der Waals surface area (Å²) >= 11 is 0. The Hall–Kier alpha value is -2.06. The van der Waals surface area contributed by atoms with Crippen LogP contribution in [0.5, 0.6) is 0 Å². The minimum absolute atomic E-state index is 0.0325. The lowest BCUT2D eigenvalue weighted by Crippen LogP contribution is -2.25. The van der Waals surface area contributed by atoms with Crippen LogP contribution < -0.4 is 4.72 Å². The first-order valence-electron chi connectivity index (χ1n) is 6.40. The van der Waals surface area contributed by atoms with Gasteiger partial charge in [-0.2, -0.15) is 0 Å². The molecule has 1 N–H and O–H groups in total. The van der Waals surface area contributed by atoms with E-state index in [1.165, 1.54) is 18.5 Å². The molecule has 2 aromatic rings. The van der Waals surface area contributed by atoms with E-state index in [2.05, 4.69) is 14.9 Å². The second-order valence-electron chi connectivity index (χ2n) is 4.49. The van der Waals surface area contributed by atoms with E-state index in [0.29, 0.717) is 17.8 Å². The third kappa shape index (κ3) is 3.53. The number of sulfonamides is 1. The Morgan fingerprint density at radius 3 is 2.76 bits per heavy atom. The minimum Gasteiger partial charge on any atom is -0.320 e. The van der Waals surface area contributed by atoms with E-state index in [-0.39, 0.29) is 17.2 Å². The molecule has 2 rings (SSSR count). The quantitative estimate of drug-likeness (QED) is 0.800. The maximum Gasteiger partial charge on any atom is 0.240 e. The van der Waals surface area contributed by atoms with Crippen molar-refractivity contribution in [2.45, 2.75) is 24.8 Å². The van der Waals surface area contributed by atoms with Crippen LogP contribution in [0.4, 0.5) is 0 Å². The highest BCUT2D eigenvalue weighted by molar-refractivity contribution is 7.89. The number of rotatable bonds is 6. The van der Waals surface area contributed by atoms with Crippen molar-refractivity contribution in [2.24, 2.45) is 7.05 Å². The Bertz CT molecular complexity index is 752. The molecule has 1 aromatic carbocycles. The van der Waals surface area contributed by atoms with Crippen molar-refractivity contribution in [2.75, 3.05) is 0 Å². The molecule has 21 heavy (non-hydrogen) atoms.